The molecule has 0 amide bonds. The first-order valence-electron chi connectivity index (χ1n) is 6.77. The zero-order chi connectivity index (χ0) is 12.7. The highest BCUT2D eigenvalue weighted by atomic mass is 16.5. The Balaban J connectivity index is 2.25. The molecule has 4 nitrogen and oxygen atoms in total. The van der Waals surface area contributed by atoms with Crippen LogP contribution in [0, 0.1) is 5.92 Å². The highest BCUT2D eigenvalue weighted by Crippen LogP contribution is 2.22. The summed E-state index contributed by atoms with van der Waals surface area (Å²) in [6.07, 6.45) is 4.07. The van der Waals surface area contributed by atoms with E-state index in [4.69, 9.17) is 10.5 Å². The van der Waals surface area contributed by atoms with Gasteiger partial charge in [0, 0.05) is 6.04 Å². The van der Waals surface area contributed by atoms with Crippen molar-refractivity contribution in [1.82, 2.24) is 4.90 Å². The molecule has 17 heavy (non-hydrogen) atoms. The number of nitrogens with two attached hydrogens (primary N) is 1. The summed E-state index contributed by atoms with van der Waals surface area (Å²) in [4.78, 5) is 13.8. The molecule has 0 bridgehead atoms. The molecule has 1 rings (SSSR count). The lowest BCUT2D eigenvalue weighted by atomic mass is 9.92. The van der Waals surface area contributed by atoms with Gasteiger partial charge in [0.25, 0.3) is 0 Å². The molecule has 1 unspecified atom stereocenters. The maximum Gasteiger partial charge on any atom is 0.307 e. The summed E-state index contributed by atoms with van der Waals surface area (Å²) in [6, 6.07) is 0.299. The molecule has 0 aromatic carbocycles. The molecule has 100 valence electrons. The zero-order valence-electron chi connectivity index (χ0n) is 11.2. The molecule has 0 spiro atoms. The number of piperidine rings is 1. The second kappa shape index (κ2) is 7.67. The predicted molar refractivity (Wildman–Crippen MR) is 68.7 cm³/mol. The fraction of sp³-hybridized carbons (Fsp3) is 0.923. The topological polar surface area (TPSA) is 55.6 Å². The molecule has 1 aliphatic rings. The average Bonchev–Trinajstić information content (AvgIpc) is 2.30. The van der Waals surface area contributed by atoms with Gasteiger partial charge < -0.3 is 15.4 Å². The summed E-state index contributed by atoms with van der Waals surface area (Å²) >= 11 is 0. The van der Waals surface area contributed by atoms with Crippen molar-refractivity contribution >= 4 is 5.97 Å². The average molecular weight is 242 g/mol. The maximum atomic E-state index is 11.4. The highest BCUT2D eigenvalue weighted by molar-refractivity contribution is 5.70. The van der Waals surface area contributed by atoms with Gasteiger partial charge in [-0.3, -0.25) is 4.79 Å². The zero-order valence-corrected chi connectivity index (χ0v) is 11.2. The number of nitrogens with zero attached hydrogens (tertiary/aromatic N) is 1. The summed E-state index contributed by atoms with van der Waals surface area (Å²) in [6.45, 7) is 7.41. The summed E-state index contributed by atoms with van der Waals surface area (Å²) in [7, 11) is 0. The van der Waals surface area contributed by atoms with Gasteiger partial charge in [0.05, 0.1) is 13.0 Å². The van der Waals surface area contributed by atoms with Crippen molar-refractivity contribution in [2.45, 2.75) is 45.6 Å². The summed E-state index contributed by atoms with van der Waals surface area (Å²) in [5, 5.41) is 0. The minimum atomic E-state index is -0.0796. The fourth-order valence-corrected chi connectivity index (χ4v) is 2.51. The fourth-order valence-electron chi connectivity index (χ4n) is 2.51. The normalized spacial score (nSPS) is 20.2. The lowest BCUT2D eigenvalue weighted by Crippen LogP contribution is -2.41. The minimum Gasteiger partial charge on any atom is -0.466 e. The van der Waals surface area contributed by atoms with E-state index in [9.17, 15) is 4.79 Å². The molecule has 0 aromatic heterocycles. The molecular weight excluding hydrogens is 216 g/mol. The molecule has 0 aliphatic carbocycles. The number of carbonyl (C=O) groups excluding carboxylic acids is 1. The SMILES string of the molecule is CCOC(=O)CC(C)N1CCC(CCN)CC1. The quantitative estimate of drug-likeness (QED) is 0.715. The molecule has 1 heterocycles. The predicted octanol–water partition coefficient (Wildman–Crippen LogP) is 1.39. The van der Waals surface area contributed by atoms with Gasteiger partial charge in [-0.25, -0.2) is 0 Å². The molecule has 0 saturated carbocycles. The molecular formula is C13H26N2O2. The van der Waals surface area contributed by atoms with Crippen molar-refractivity contribution in [1.29, 1.82) is 0 Å². The number of likely N-dealkylation sites (tertiary alicyclic amines) is 1. The van der Waals surface area contributed by atoms with Gasteiger partial charge in [0.2, 0.25) is 0 Å². The third-order valence-electron chi connectivity index (χ3n) is 3.61. The van der Waals surface area contributed by atoms with Crippen LogP contribution in [0.1, 0.15) is 39.5 Å². The molecule has 0 radical (unpaired) electrons. The van der Waals surface area contributed by atoms with Gasteiger partial charge in [-0.2, -0.15) is 0 Å². The molecule has 1 aliphatic heterocycles. The Morgan fingerprint density at radius 1 is 1.47 bits per heavy atom. The molecule has 0 aromatic rings. The lowest BCUT2D eigenvalue weighted by Gasteiger charge is -2.35. The largest absolute Gasteiger partial charge is 0.466 e. The van der Waals surface area contributed by atoms with E-state index >= 15 is 0 Å². The van der Waals surface area contributed by atoms with E-state index in [1.807, 2.05) is 6.92 Å². The summed E-state index contributed by atoms with van der Waals surface area (Å²) < 4.78 is 4.98. The Hall–Kier alpha value is -0.610. The standard InChI is InChI=1S/C13H26N2O2/c1-3-17-13(16)10-11(2)15-8-5-12(4-7-14)6-9-15/h11-12H,3-10,14H2,1-2H3. The van der Waals surface area contributed by atoms with E-state index < -0.39 is 0 Å². The van der Waals surface area contributed by atoms with Crippen LogP contribution in [0.4, 0.5) is 0 Å². The van der Waals surface area contributed by atoms with Crippen LogP contribution in [-0.2, 0) is 9.53 Å². The van der Waals surface area contributed by atoms with Crippen LogP contribution >= 0.6 is 0 Å². The van der Waals surface area contributed by atoms with Crippen molar-refractivity contribution in [2.75, 3.05) is 26.2 Å². The van der Waals surface area contributed by atoms with Crippen LogP contribution in [0.15, 0.2) is 0 Å². The third kappa shape index (κ3) is 5.04. The van der Waals surface area contributed by atoms with Gasteiger partial charge >= 0.3 is 5.97 Å². The van der Waals surface area contributed by atoms with Crippen LogP contribution in [0.3, 0.4) is 0 Å². The summed E-state index contributed by atoms with van der Waals surface area (Å²) in [5.41, 5.74) is 5.58. The van der Waals surface area contributed by atoms with Crippen molar-refractivity contribution < 1.29 is 9.53 Å². The Morgan fingerprint density at radius 2 is 2.12 bits per heavy atom. The van der Waals surface area contributed by atoms with E-state index in [0.717, 1.165) is 32.0 Å². The van der Waals surface area contributed by atoms with E-state index in [1.54, 1.807) is 0 Å². The van der Waals surface area contributed by atoms with Gasteiger partial charge in [-0.05, 0) is 58.7 Å². The van der Waals surface area contributed by atoms with Crippen LogP contribution < -0.4 is 5.73 Å². The Bertz CT molecular complexity index is 225. The molecule has 1 atom stereocenters. The van der Waals surface area contributed by atoms with Crippen LogP contribution in [0.5, 0.6) is 0 Å². The number of hydrogen-bond acceptors (Lipinski definition) is 4. The smallest absolute Gasteiger partial charge is 0.307 e. The maximum absolute atomic E-state index is 11.4. The van der Waals surface area contributed by atoms with Crippen LogP contribution in [0.25, 0.3) is 0 Å². The number of carbonyl (C=O) groups is 1. The number of rotatable bonds is 6. The molecule has 1 fully saturated rings. The monoisotopic (exact) mass is 242 g/mol. The molecule has 2 N–H and O–H groups in total. The first-order chi connectivity index (χ1) is 8.17. The van der Waals surface area contributed by atoms with Gasteiger partial charge in [0.1, 0.15) is 0 Å². The van der Waals surface area contributed by atoms with Gasteiger partial charge in [-0.15, -0.1) is 0 Å². The number of hydrogen-bond donors (Lipinski definition) is 1. The van der Waals surface area contributed by atoms with Crippen LogP contribution in [0.2, 0.25) is 0 Å². The summed E-state index contributed by atoms with van der Waals surface area (Å²) in [5.74, 6) is 0.704. The second-order valence-corrected chi connectivity index (χ2v) is 4.91. The second-order valence-electron chi connectivity index (χ2n) is 4.91. The van der Waals surface area contributed by atoms with Crippen molar-refractivity contribution in [3.63, 3.8) is 0 Å². The first kappa shape index (κ1) is 14.5. The van der Waals surface area contributed by atoms with Gasteiger partial charge in [-0.1, -0.05) is 0 Å². The van der Waals surface area contributed by atoms with Crippen molar-refractivity contribution in [2.24, 2.45) is 11.7 Å². The van der Waals surface area contributed by atoms with Crippen molar-refractivity contribution in [3.8, 4) is 0 Å². The van der Waals surface area contributed by atoms with Crippen LogP contribution in [-0.4, -0.2) is 43.2 Å². The minimum absolute atomic E-state index is 0.0796. The lowest BCUT2D eigenvalue weighted by molar-refractivity contribution is -0.144. The Kier molecular flexibility index (Phi) is 6.52. The van der Waals surface area contributed by atoms with E-state index in [0.29, 0.717) is 19.1 Å². The number of esters is 1. The Labute approximate surface area is 104 Å². The van der Waals surface area contributed by atoms with Gasteiger partial charge in [0.15, 0.2) is 0 Å². The Morgan fingerprint density at radius 3 is 2.65 bits per heavy atom. The first-order valence-corrected chi connectivity index (χ1v) is 6.77. The third-order valence-corrected chi connectivity index (χ3v) is 3.61. The van der Waals surface area contributed by atoms with E-state index in [2.05, 4.69) is 11.8 Å². The van der Waals surface area contributed by atoms with E-state index in [-0.39, 0.29) is 5.97 Å². The molecule has 1 saturated heterocycles. The molecule has 4 heteroatoms. The van der Waals surface area contributed by atoms with Crippen molar-refractivity contribution in [3.05, 3.63) is 0 Å². The highest BCUT2D eigenvalue weighted by Gasteiger charge is 2.23. The van der Waals surface area contributed by atoms with E-state index in [1.165, 1.54) is 12.8 Å². The number of ether oxygens (including phenoxy) is 1.